The van der Waals surface area contributed by atoms with Crippen LogP contribution in [-0.2, 0) is 25.0 Å². The fourth-order valence-electron chi connectivity index (χ4n) is 1.45. The molecule has 1 aliphatic rings. The first-order valence-electron chi connectivity index (χ1n) is 4.71. The van der Waals surface area contributed by atoms with E-state index < -0.39 is 27.1 Å². The highest BCUT2D eigenvalue weighted by Gasteiger charge is 2.29. The number of likely N-dealkylation sites (tertiary alicyclic amines) is 1. The molecule has 0 aromatic rings. The average Bonchev–Trinajstić information content (AvgIpc) is 2.51. The summed E-state index contributed by atoms with van der Waals surface area (Å²) in [6, 6.07) is 0. The van der Waals surface area contributed by atoms with E-state index in [1.807, 2.05) is 0 Å². The number of hydrogen-bond acceptors (Lipinski definition) is 6. The smallest absolute Gasteiger partial charge is 0.263 e. The quantitative estimate of drug-likeness (QED) is 0.520. The Balaban J connectivity index is 2.61. The molecule has 0 aromatic carbocycles. The van der Waals surface area contributed by atoms with Crippen LogP contribution >= 0.6 is 0 Å². The SMILES string of the molecule is CCS(=O)(=O)O[C@@H]1CCCN1C[SH](=O)=O. The molecule has 0 saturated carbocycles. The van der Waals surface area contributed by atoms with Gasteiger partial charge >= 0.3 is 0 Å². The van der Waals surface area contributed by atoms with Crippen molar-refractivity contribution < 1.29 is 21.0 Å². The Morgan fingerprint density at radius 3 is 2.67 bits per heavy atom. The molecule has 8 heteroatoms. The zero-order chi connectivity index (χ0) is 11.5. The molecule has 0 amide bonds. The first kappa shape index (κ1) is 12.9. The van der Waals surface area contributed by atoms with Crippen molar-refractivity contribution in [1.82, 2.24) is 4.90 Å². The van der Waals surface area contributed by atoms with E-state index in [4.69, 9.17) is 4.18 Å². The summed E-state index contributed by atoms with van der Waals surface area (Å²) >= 11 is 0. The number of rotatable bonds is 5. The van der Waals surface area contributed by atoms with Crippen LogP contribution in [0.25, 0.3) is 0 Å². The van der Waals surface area contributed by atoms with Gasteiger partial charge in [0.05, 0.1) is 5.75 Å². The average molecular weight is 257 g/mol. The van der Waals surface area contributed by atoms with Crippen molar-refractivity contribution in [2.45, 2.75) is 26.0 Å². The molecule has 6 nitrogen and oxygen atoms in total. The van der Waals surface area contributed by atoms with Gasteiger partial charge < -0.3 is 0 Å². The topological polar surface area (TPSA) is 80.8 Å². The summed E-state index contributed by atoms with van der Waals surface area (Å²) < 4.78 is 48.3. The highest BCUT2D eigenvalue weighted by atomic mass is 32.2. The van der Waals surface area contributed by atoms with Crippen LogP contribution in [-0.4, -0.2) is 46.1 Å². The molecule has 0 aromatic heterocycles. The maximum atomic E-state index is 11.2. The van der Waals surface area contributed by atoms with Crippen molar-refractivity contribution in [2.24, 2.45) is 0 Å². The van der Waals surface area contributed by atoms with E-state index >= 15 is 0 Å². The lowest BCUT2D eigenvalue weighted by atomic mass is 10.4. The van der Waals surface area contributed by atoms with Gasteiger partial charge in [0.1, 0.15) is 12.1 Å². The lowest BCUT2D eigenvalue weighted by Crippen LogP contribution is -2.35. The minimum absolute atomic E-state index is 0.0964. The third kappa shape index (κ3) is 4.06. The van der Waals surface area contributed by atoms with Crippen LogP contribution in [0, 0.1) is 0 Å². The van der Waals surface area contributed by atoms with Crippen molar-refractivity contribution in [3.8, 4) is 0 Å². The van der Waals surface area contributed by atoms with E-state index in [2.05, 4.69) is 0 Å². The van der Waals surface area contributed by atoms with E-state index in [0.29, 0.717) is 13.0 Å². The molecule has 1 fully saturated rings. The predicted octanol–water partition coefficient (Wildman–Crippen LogP) is -0.656. The fraction of sp³-hybridized carbons (Fsp3) is 1.00. The Bertz CT molecular complexity index is 367. The van der Waals surface area contributed by atoms with Gasteiger partial charge in [-0.3, -0.25) is 9.08 Å². The molecule has 90 valence electrons. The Kier molecular flexibility index (Phi) is 4.50. The standard InChI is InChI=1S/C7H15NO5S2/c1-2-15(11,12)13-7-4-3-5-8(7)6-14(9)10/h7,14H,2-6H2,1H3/t7-/m1/s1. The summed E-state index contributed by atoms with van der Waals surface area (Å²) in [5.41, 5.74) is 0. The summed E-state index contributed by atoms with van der Waals surface area (Å²) in [5.74, 6) is -0.236. The van der Waals surface area contributed by atoms with Crippen molar-refractivity contribution >= 4 is 20.8 Å². The van der Waals surface area contributed by atoms with E-state index in [9.17, 15) is 16.8 Å². The van der Waals surface area contributed by atoms with Crippen LogP contribution in [0.2, 0.25) is 0 Å². The second kappa shape index (κ2) is 5.24. The van der Waals surface area contributed by atoms with E-state index in [0.717, 1.165) is 6.42 Å². The van der Waals surface area contributed by atoms with Crippen LogP contribution in [0.3, 0.4) is 0 Å². The lowest BCUT2D eigenvalue weighted by Gasteiger charge is -2.20. The van der Waals surface area contributed by atoms with Crippen LogP contribution in [0.5, 0.6) is 0 Å². The van der Waals surface area contributed by atoms with E-state index in [1.54, 1.807) is 0 Å². The van der Waals surface area contributed by atoms with Gasteiger partial charge in [-0.2, -0.15) is 8.42 Å². The summed E-state index contributed by atoms with van der Waals surface area (Å²) in [6.45, 7) is 2.05. The second-order valence-corrected chi connectivity index (χ2v) is 6.16. The monoisotopic (exact) mass is 257 g/mol. The summed E-state index contributed by atoms with van der Waals surface area (Å²) in [4.78, 5) is 1.53. The van der Waals surface area contributed by atoms with Crippen molar-refractivity contribution in [1.29, 1.82) is 0 Å². The molecule has 1 aliphatic heterocycles. The maximum Gasteiger partial charge on any atom is 0.268 e. The molecular weight excluding hydrogens is 242 g/mol. The Hall–Kier alpha value is -0.180. The summed E-state index contributed by atoms with van der Waals surface area (Å²) in [5, 5.41) is 0. The Morgan fingerprint density at radius 1 is 1.47 bits per heavy atom. The van der Waals surface area contributed by atoms with Crippen LogP contribution < -0.4 is 0 Å². The number of thiol groups is 1. The van der Waals surface area contributed by atoms with Gasteiger partial charge in [-0.15, -0.1) is 0 Å². The third-order valence-corrected chi connectivity index (χ3v) is 4.03. The van der Waals surface area contributed by atoms with Crippen molar-refractivity contribution in [3.05, 3.63) is 0 Å². The van der Waals surface area contributed by atoms with Gasteiger partial charge in [0.15, 0.2) is 10.7 Å². The predicted molar refractivity (Wildman–Crippen MR) is 55.5 cm³/mol. The lowest BCUT2D eigenvalue weighted by molar-refractivity contribution is 0.0819. The minimum atomic E-state index is -3.51. The summed E-state index contributed by atoms with van der Waals surface area (Å²) in [7, 11) is -6.04. The molecule has 0 radical (unpaired) electrons. The van der Waals surface area contributed by atoms with Crippen LogP contribution in [0.15, 0.2) is 0 Å². The van der Waals surface area contributed by atoms with Crippen LogP contribution in [0.1, 0.15) is 19.8 Å². The normalized spacial score (nSPS) is 23.7. The minimum Gasteiger partial charge on any atom is -0.263 e. The van der Waals surface area contributed by atoms with Gasteiger partial charge in [-0.05, 0) is 19.8 Å². The first-order valence-corrected chi connectivity index (χ1v) is 7.65. The van der Waals surface area contributed by atoms with Gasteiger partial charge in [0.25, 0.3) is 10.1 Å². The van der Waals surface area contributed by atoms with Crippen molar-refractivity contribution in [3.63, 3.8) is 0 Å². The first-order chi connectivity index (χ1) is 6.94. The molecule has 15 heavy (non-hydrogen) atoms. The fourth-order valence-corrected chi connectivity index (χ4v) is 2.76. The molecular formula is C7H15NO5S2. The molecule has 1 atom stereocenters. The second-order valence-electron chi connectivity index (χ2n) is 3.33. The van der Waals surface area contributed by atoms with E-state index in [-0.39, 0.29) is 11.6 Å². The van der Waals surface area contributed by atoms with Gasteiger partial charge in [0.2, 0.25) is 0 Å². The number of nitrogens with zero attached hydrogens (tertiary/aromatic N) is 1. The Labute approximate surface area is 91.3 Å². The molecule has 0 unspecified atom stereocenters. The molecule has 0 bridgehead atoms. The largest absolute Gasteiger partial charge is 0.268 e. The van der Waals surface area contributed by atoms with E-state index in [1.165, 1.54) is 11.8 Å². The molecule has 1 rings (SSSR count). The number of hydrogen-bond donors (Lipinski definition) is 1. The Morgan fingerprint density at radius 2 is 2.13 bits per heavy atom. The van der Waals surface area contributed by atoms with Gasteiger partial charge in [-0.25, -0.2) is 8.42 Å². The third-order valence-electron chi connectivity index (χ3n) is 2.21. The van der Waals surface area contributed by atoms with Crippen molar-refractivity contribution in [2.75, 3.05) is 18.2 Å². The zero-order valence-electron chi connectivity index (χ0n) is 8.46. The molecule has 1 heterocycles. The highest BCUT2D eigenvalue weighted by molar-refractivity contribution is 7.86. The highest BCUT2D eigenvalue weighted by Crippen LogP contribution is 2.19. The van der Waals surface area contributed by atoms with Gasteiger partial charge in [-0.1, -0.05) is 0 Å². The molecule has 0 N–H and O–H groups in total. The van der Waals surface area contributed by atoms with Gasteiger partial charge in [0, 0.05) is 6.54 Å². The van der Waals surface area contributed by atoms with Crippen LogP contribution in [0.4, 0.5) is 0 Å². The summed E-state index contributed by atoms with van der Waals surface area (Å²) in [6.07, 6.45) is 0.706. The zero-order valence-corrected chi connectivity index (χ0v) is 10.2. The molecule has 0 aliphatic carbocycles. The maximum absolute atomic E-state index is 11.2. The molecule has 0 spiro atoms. The molecule has 1 saturated heterocycles.